The van der Waals surface area contributed by atoms with E-state index in [2.05, 4.69) is 0 Å². The van der Waals surface area contributed by atoms with Crippen molar-refractivity contribution in [3.05, 3.63) is 0 Å². The quantitative estimate of drug-likeness (QED) is 0.623. The molecule has 3 heteroatoms. The molecule has 3 atom stereocenters. The van der Waals surface area contributed by atoms with Gasteiger partial charge in [0, 0.05) is 6.54 Å². The summed E-state index contributed by atoms with van der Waals surface area (Å²) in [6, 6.07) is 0. The molecule has 0 aliphatic heterocycles. The van der Waals surface area contributed by atoms with Crippen molar-refractivity contribution in [2.24, 2.45) is 29.4 Å². The first-order valence-electron chi connectivity index (χ1n) is 6.22. The van der Waals surface area contributed by atoms with Crippen LogP contribution in [-0.2, 0) is 0 Å². The van der Waals surface area contributed by atoms with Crippen LogP contribution in [0.15, 0.2) is 0 Å². The highest BCUT2D eigenvalue weighted by Crippen LogP contribution is 2.58. The van der Waals surface area contributed by atoms with E-state index in [1.165, 1.54) is 12.8 Å². The van der Waals surface area contributed by atoms with Crippen LogP contribution in [0.2, 0.25) is 0 Å². The molecule has 4 rings (SSSR count). The second-order valence-corrected chi connectivity index (χ2v) is 6.07. The Labute approximate surface area is 90.7 Å². The number of aliphatic hydroxyl groups is 2. The van der Waals surface area contributed by atoms with Crippen molar-refractivity contribution in [3.8, 4) is 0 Å². The molecule has 0 heterocycles. The smallest absolute Gasteiger partial charge is 0.0695 e. The normalized spacial score (nSPS) is 54.6. The number of hydrogen-bond donors (Lipinski definition) is 3. The molecule has 4 saturated carbocycles. The van der Waals surface area contributed by atoms with Crippen molar-refractivity contribution in [2.45, 2.75) is 43.8 Å². The Kier molecular flexibility index (Phi) is 2.14. The van der Waals surface area contributed by atoms with Crippen LogP contribution in [0.4, 0.5) is 0 Å². The van der Waals surface area contributed by atoms with Gasteiger partial charge in [0.05, 0.1) is 11.7 Å². The van der Waals surface area contributed by atoms with Crippen LogP contribution in [0, 0.1) is 23.7 Å². The van der Waals surface area contributed by atoms with Crippen LogP contribution in [0.5, 0.6) is 0 Å². The Morgan fingerprint density at radius 3 is 2.27 bits per heavy atom. The number of hydrogen-bond acceptors (Lipinski definition) is 3. The minimum atomic E-state index is -0.388. The summed E-state index contributed by atoms with van der Waals surface area (Å²) in [5, 5.41) is 20.3. The average molecular weight is 211 g/mol. The molecule has 0 amide bonds. The topological polar surface area (TPSA) is 66.5 Å². The van der Waals surface area contributed by atoms with E-state index in [1.807, 2.05) is 0 Å². The van der Waals surface area contributed by atoms with Gasteiger partial charge in [0.2, 0.25) is 0 Å². The summed E-state index contributed by atoms with van der Waals surface area (Å²) in [5.74, 6) is 2.14. The number of nitrogens with two attached hydrogens (primary N) is 1. The van der Waals surface area contributed by atoms with Crippen molar-refractivity contribution in [1.29, 1.82) is 0 Å². The third kappa shape index (κ3) is 1.44. The maximum Gasteiger partial charge on any atom is 0.0695 e. The van der Waals surface area contributed by atoms with E-state index < -0.39 is 0 Å². The van der Waals surface area contributed by atoms with Crippen LogP contribution in [-0.4, -0.2) is 28.5 Å². The van der Waals surface area contributed by atoms with E-state index >= 15 is 0 Å². The molecule has 4 N–H and O–H groups in total. The molecule has 0 aromatic rings. The van der Waals surface area contributed by atoms with Gasteiger partial charge in [0.25, 0.3) is 0 Å². The van der Waals surface area contributed by atoms with Crippen LogP contribution in [0.25, 0.3) is 0 Å². The molecule has 0 radical (unpaired) electrons. The zero-order valence-electron chi connectivity index (χ0n) is 9.10. The molecule has 15 heavy (non-hydrogen) atoms. The molecule has 0 aromatic carbocycles. The lowest BCUT2D eigenvalue weighted by molar-refractivity contribution is -0.171. The summed E-state index contributed by atoms with van der Waals surface area (Å²) >= 11 is 0. The first-order valence-corrected chi connectivity index (χ1v) is 6.22. The molecule has 86 valence electrons. The van der Waals surface area contributed by atoms with Gasteiger partial charge in [-0.05, 0) is 55.8 Å². The molecule has 3 nitrogen and oxygen atoms in total. The van der Waals surface area contributed by atoms with E-state index in [4.69, 9.17) is 5.73 Å². The average Bonchev–Trinajstić information content (AvgIpc) is 2.13. The summed E-state index contributed by atoms with van der Waals surface area (Å²) < 4.78 is 0. The number of aliphatic hydroxyl groups excluding tert-OH is 1. The van der Waals surface area contributed by atoms with Crippen LogP contribution < -0.4 is 5.73 Å². The summed E-state index contributed by atoms with van der Waals surface area (Å²) in [6.45, 7) is 0.376. The standard InChI is InChI=1S/C12H21NO2/c13-6-10(14)11-8-1-7-2-9(11)5-12(15,3-7)4-8/h7-11,14-15H,1-6,13H2. The summed E-state index contributed by atoms with van der Waals surface area (Å²) in [7, 11) is 0. The Morgan fingerprint density at radius 2 is 1.80 bits per heavy atom. The lowest BCUT2D eigenvalue weighted by atomic mass is 9.49. The highest BCUT2D eigenvalue weighted by Gasteiger charge is 2.55. The van der Waals surface area contributed by atoms with Crippen LogP contribution >= 0.6 is 0 Å². The fourth-order valence-electron chi connectivity index (χ4n) is 4.81. The van der Waals surface area contributed by atoms with E-state index in [0.717, 1.165) is 19.3 Å². The van der Waals surface area contributed by atoms with E-state index in [1.54, 1.807) is 0 Å². The van der Waals surface area contributed by atoms with Gasteiger partial charge in [-0.1, -0.05) is 0 Å². The molecule has 4 aliphatic rings. The third-order valence-electron chi connectivity index (χ3n) is 5.00. The maximum atomic E-state index is 10.4. The molecule has 3 unspecified atom stereocenters. The molecule has 4 fully saturated rings. The zero-order chi connectivity index (χ0) is 10.6. The maximum absolute atomic E-state index is 10.4. The molecular formula is C12H21NO2. The predicted molar refractivity (Wildman–Crippen MR) is 57.1 cm³/mol. The Balaban J connectivity index is 1.85. The van der Waals surface area contributed by atoms with Gasteiger partial charge in [0.1, 0.15) is 0 Å². The van der Waals surface area contributed by atoms with E-state index in [-0.39, 0.29) is 11.7 Å². The largest absolute Gasteiger partial charge is 0.392 e. The van der Waals surface area contributed by atoms with Crippen molar-refractivity contribution >= 4 is 0 Å². The van der Waals surface area contributed by atoms with Gasteiger partial charge in [0.15, 0.2) is 0 Å². The molecular weight excluding hydrogens is 190 g/mol. The second kappa shape index (κ2) is 3.19. The molecule has 0 saturated heterocycles. The Bertz CT molecular complexity index is 252. The molecule has 0 aromatic heterocycles. The zero-order valence-corrected chi connectivity index (χ0v) is 9.10. The Hall–Kier alpha value is -0.120. The van der Waals surface area contributed by atoms with Crippen molar-refractivity contribution in [2.75, 3.05) is 6.54 Å². The van der Waals surface area contributed by atoms with Crippen molar-refractivity contribution in [3.63, 3.8) is 0 Å². The van der Waals surface area contributed by atoms with Crippen molar-refractivity contribution in [1.82, 2.24) is 0 Å². The highest BCUT2D eigenvalue weighted by molar-refractivity contribution is 5.06. The van der Waals surface area contributed by atoms with Gasteiger partial charge in [-0.15, -0.1) is 0 Å². The first-order chi connectivity index (χ1) is 7.11. The minimum absolute atomic E-state index is 0.344. The monoisotopic (exact) mass is 211 g/mol. The third-order valence-corrected chi connectivity index (χ3v) is 5.00. The molecule has 0 spiro atoms. The predicted octanol–water partition coefficient (Wildman–Crippen LogP) is 0.493. The molecule has 4 bridgehead atoms. The lowest BCUT2D eigenvalue weighted by Crippen LogP contribution is -2.57. The highest BCUT2D eigenvalue weighted by atomic mass is 16.3. The Morgan fingerprint density at radius 1 is 1.20 bits per heavy atom. The second-order valence-electron chi connectivity index (χ2n) is 6.07. The van der Waals surface area contributed by atoms with Crippen LogP contribution in [0.3, 0.4) is 0 Å². The van der Waals surface area contributed by atoms with Crippen molar-refractivity contribution < 1.29 is 10.2 Å². The van der Waals surface area contributed by atoms with Crippen LogP contribution in [0.1, 0.15) is 32.1 Å². The van der Waals surface area contributed by atoms with Gasteiger partial charge in [-0.3, -0.25) is 0 Å². The molecule has 4 aliphatic carbocycles. The van der Waals surface area contributed by atoms with Gasteiger partial charge in [-0.2, -0.15) is 0 Å². The summed E-state index contributed by atoms with van der Waals surface area (Å²) in [6.07, 6.45) is 4.89. The SMILES string of the molecule is NCC(O)C1C2CC3CC1CC(O)(C3)C2. The van der Waals surface area contributed by atoms with Gasteiger partial charge in [-0.25, -0.2) is 0 Å². The number of rotatable bonds is 2. The summed E-state index contributed by atoms with van der Waals surface area (Å²) in [4.78, 5) is 0. The van der Waals surface area contributed by atoms with Gasteiger partial charge < -0.3 is 15.9 Å². The van der Waals surface area contributed by atoms with E-state index in [0.29, 0.717) is 30.2 Å². The summed E-state index contributed by atoms with van der Waals surface area (Å²) in [5.41, 5.74) is 5.18. The van der Waals surface area contributed by atoms with E-state index in [9.17, 15) is 10.2 Å². The lowest BCUT2D eigenvalue weighted by Gasteiger charge is -2.59. The first kappa shape index (κ1) is 10.1. The van der Waals surface area contributed by atoms with Gasteiger partial charge >= 0.3 is 0 Å². The fourth-order valence-corrected chi connectivity index (χ4v) is 4.81. The minimum Gasteiger partial charge on any atom is -0.392 e. The fraction of sp³-hybridized carbons (Fsp3) is 1.00.